The fourth-order valence-corrected chi connectivity index (χ4v) is 9.02. The Kier molecular flexibility index (Phi) is 7.19. The fraction of sp³-hybridized carbons (Fsp3) is 0.406. The van der Waals surface area contributed by atoms with E-state index in [-0.39, 0.29) is 84.4 Å². The number of fused-ring (bicyclic) bond motifs is 2. The lowest BCUT2D eigenvalue weighted by molar-refractivity contribution is -0.110. The summed E-state index contributed by atoms with van der Waals surface area (Å²) in [5.41, 5.74) is 5.66. The van der Waals surface area contributed by atoms with Crippen LogP contribution in [0.2, 0.25) is 5.02 Å². The number of ether oxygens (including phenoxy) is 2. The van der Waals surface area contributed by atoms with Crippen molar-refractivity contribution < 1.29 is 27.4 Å². The first-order valence-corrected chi connectivity index (χ1v) is 16.6. The molecule has 1 amide bonds. The van der Waals surface area contributed by atoms with Gasteiger partial charge in [-0.1, -0.05) is 17.7 Å². The van der Waals surface area contributed by atoms with Crippen molar-refractivity contribution in [3.05, 3.63) is 57.1 Å². The smallest absolute Gasteiger partial charge is 0.302 e. The van der Waals surface area contributed by atoms with Crippen LogP contribution < -0.4 is 31.7 Å². The van der Waals surface area contributed by atoms with Crippen molar-refractivity contribution in [1.29, 1.82) is 5.26 Å². The molecule has 2 atom stereocenters. The van der Waals surface area contributed by atoms with E-state index >= 15 is 4.39 Å². The minimum absolute atomic E-state index is 0.000136. The number of nitrogen functional groups attached to an aromatic ring is 1. The quantitative estimate of drug-likeness (QED) is 0.323. The molecule has 10 nitrogen and oxygen atoms in total. The Balaban J connectivity index is 1.30. The maximum atomic E-state index is 17.1. The van der Waals surface area contributed by atoms with Gasteiger partial charge in [0.1, 0.15) is 42.2 Å². The Bertz CT molecular complexity index is 2050. The van der Waals surface area contributed by atoms with Crippen molar-refractivity contribution in [2.45, 2.75) is 55.9 Å². The van der Waals surface area contributed by atoms with Crippen LogP contribution in [0, 0.1) is 23.0 Å². The molecule has 1 aliphatic carbocycles. The third-order valence-corrected chi connectivity index (χ3v) is 11.4. The zero-order valence-corrected chi connectivity index (χ0v) is 26.5. The van der Waals surface area contributed by atoms with Crippen LogP contribution in [0.3, 0.4) is 0 Å². The highest BCUT2D eigenvalue weighted by atomic mass is 35.5. The molecule has 3 fully saturated rings. The minimum Gasteiger partial charge on any atom is -0.462 e. The molecule has 0 unspecified atom stereocenters. The van der Waals surface area contributed by atoms with E-state index in [9.17, 15) is 18.8 Å². The number of nitrogens with one attached hydrogen (secondary N) is 2. The van der Waals surface area contributed by atoms with E-state index in [0.29, 0.717) is 38.0 Å². The molecule has 47 heavy (non-hydrogen) atoms. The fourth-order valence-electron chi connectivity index (χ4n) is 7.73. The van der Waals surface area contributed by atoms with E-state index in [1.807, 2.05) is 11.0 Å². The Hall–Kier alpha value is -4.19. The molecule has 8 rings (SSSR count). The van der Waals surface area contributed by atoms with Crippen LogP contribution in [0.1, 0.15) is 37.7 Å². The zero-order chi connectivity index (χ0) is 32.6. The zero-order valence-electron chi connectivity index (χ0n) is 24.9. The van der Waals surface area contributed by atoms with Gasteiger partial charge in [-0.15, -0.1) is 11.3 Å². The number of benzene rings is 2. The summed E-state index contributed by atoms with van der Waals surface area (Å²) in [6.45, 7) is 1.37. The third kappa shape index (κ3) is 4.62. The summed E-state index contributed by atoms with van der Waals surface area (Å²) in [5, 5.41) is 16.7. The van der Waals surface area contributed by atoms with Gasteiger partial charge >= 0.3 is 5.95 Å². The van der Waals surface area contributed by atoms with E-state index in [4.69, 9.17) is 26.8 Å². The summed E-state index contributed by atoms with van der Waals surface area (Å²) in [6, 6.07) is 4.43. The van der Waals surface area contributed by atoms with Crippen LogP contribution in [0.15, 0.2) is 29.3 Å². The van der Waals surface area contributed by atoms with Crippen molar-refractivity contribution in [2.24, 2.45) is 4.99 Å². The number of hydrogen-bond donors (Lipinski definition) is 3. The van der Waals surface area contributed by atoms with Gasteiger partial charge in [0.05, 0.1) is 37.6 Å². The molecule has 2 saturated heterocycles. The summed E-state index contributed by atoms with van der Waals surface area (Å²) >= 11 is 7.88. The molecular weight excluding hydrogens is 655 g/mol. The number of hydrogen-bond acceptors (Lipinski definition) is 10. The van der Waals surface area contributed by atoms with Crippen LogP contribution in [0.5, 0.6) is 5.75 Å². The van der Waals surface area contributed by atoms with E-state index < -0.39 is 23.3 Å². The summed E-state index contributed by atoms with van der Waals surface area (Å²) in [6.07, 6.45) is 4.61. The van der Waals surface area contributed by atoms with Crippen LogP contribution in [-0.2, 0) is 9.53 Å². The summed E-state index contributed by atoms with van der Waals surface area (Å²) in [7, 11) is 0. The number of carbonyl (C=O) groups excluding carboxylic acids is 1. The predicted octanol–water partition coefficient (Wildman–Crippen LogP) is 3.56. The number of nitrogens with two attached hydrogens (primary N) is 1. The van der Waals surface area contributed by atoms with Crippen LogP contribution in [0.4, 0.5) is 18.2 Å². The number of nitrogens with zero attached hydrogens (tertiary/aromatic N) is 4. The monoisotopic (exact) mass is 683 g/mol. The molecule has 15 heteroatoms. The molecule has 4 aliphatic heterocycles. The van der Waals surface area contributed by atoms with E-state index in [2.05, 4.69) is 20.5 Å². The van der Waals surface area contributed by atoms with Gasteiger partial charge in [-0.05, 0) is 43.9 Å². The third-order valence-electron chi connectivity index (χ3n) is 9.99. The molecule has 2 aromatic carbocycles. The summed E-state index contributed by atoms with van der Waals surface area (Å²) in [5.74, 6) is -1.17. The van der Waals surface area contributed by atoms with E-state index in [1.165, 1.54) is 12.1 Å². The predicted molar refractivity (Wildman–Crippen MR) is 169 cm³/mol. The molecule has 244 valence electrons. The Labute approximate surface area is 275 Å². The van der Waals surface area contributed by atoms with Gasteiger partial charge in [0.25, 0.3) is 0 Å². The highest BCUT2D eigenvalue weighted by molar-refractivity contribution is 7.23. The topological polar surface area (TPSA) is 128 Å². The van der Waals surface area contributed by atoms with Gasteiger partial charge in [0.15, 0.2) is 11.6 Å². The molecule has 0 radical (unpaired) electrons. The van der Waals surface area contributed by atoms with E-state index in [1.54, 1.807) is 6.20 Å². The van der Waals surface area contributed by atoms with Gasteiger partial charge in [0, 0.05) is 36.0 Å². The number of anilines is 1. The number of rotatable bonds is 7. The number of nitriles is 1. The van der Waals surface area contributed by atoms with Gasteiger partial charge < -0.3 is 30.7 Å². The van der Waals surface area contributed by atoms with Gasteiger partial charge in [-0.2, -0.15) is 5.26 Å². The van der Waals surface area contributed by atoms with Crippen LogP contribution in [-0.4, -0.2) is 66.4 Å². The van der Waals surface area contributed by atoms with Crippen molar-refractivity contribution in [3.8, 4) is 22.9 Å². The van der Waals surface area contributed by atoms with Crippen LogP contribution in [0.25, 0.3) is 27.0 Å². The maximum absolute atomic E-state index is 17.1. The molecule has 0 bridgehead atoms. The second-order valence-corrected chi connectivity index (χ2v) is 14.0. The van der Waals surface area contributed by atoms with Gasteiger partial charge in [0.2, 0.25) is 6.41 Å². The molecular formula is C32H29ClF3N7O3S. The summed E-state index contributed by atoms with van der Waals surface area (Å²) in [4.78, 5) is 19.7. The number of thiophene rings is 1. The number of halogens is 4. The number of amides is 1. The Morgan fingerprint density at radius 1 is 1.36 bits per heavy atom. The minimum atomic E-state index is -0.959. The second kappa shape index (κ2) is 11.2. The molecule has 0 spiro atoms. The average molecular weight is 684 g/mol. The molecule has 5 heterocycles. The van der Waals surface area contributed by atoms with Crippen molar-refractivity contribution >= 4 is 50.3 Å². The van der Waals surface area contributed by atoms with E-state index in [0.717, 1.165) is 30.7 Å². The highest BCUT2D eigenvalue weighted by Gasteiger charge is 2.50. The standard InChI is InChI=1S/C32H29ClF3N7O3S/c33-25-23(18-2-3-20(35)29-22(18)19(9-37)30(38)47-29)26(36)28-24-27(25)39-13-40-31(24)43(17-6-16(7-17)41-14-44)11-21(46-28)45-12-32-4-1-5-42(32)10-15(34)8-32/h2-3,11,14-17,40H,1,4-8,10,12-13,38H2,(H,41,44)/t15-,16?,17?,32+/m1/s1. The Morgan fingerprint density at radius 3 is 2.98 bits per heavy atom. The van der Waals surface area contributed by atoms with Crippen LogP contribution >= 0.6 is 22.9 Å². The van der Waals surface area contributed by atoms with Gasteiger partial charge in [-0.3, -0.25) is 14.7 Å². The number of alkyl halides is 1. The lowest BCUT2D eigenvalue weighted by Crippen LogP contribution is -2.54. The lowest BCUT2D eigenvalue weighted by Gasteiger charge is -2.43. The first-order chi connectivity index (χ1) is 22.7. The SMILES string of the molecule is N#Cc1c(N)sc2c(F)ccc(-c3c(F)c4c5c(c3Cl)=NCNC=5N(C3CC(NC=O)C3)C=C(OC[C@@]35CCCN3C[C@H](F)C5)O4)c12. The lowest BCUT2D eigenvalue weighted by atomic mass is 9.85. The molecule has 5 aliphatic rings. The second-order valence-electron chi connectivity index (χ2n) is 12.6. The van der Waals surface area contributed by atoms with Gasteiger partial charge in [-0.25, -0.2) is 13.2 Å². The van der Waals surface area contributed by atoms with Crippen molar-refractivity contribution in [3.63, 3.8) is 0 Å². The maximum Gasteiger partial charge on any atom is 0.302 e. The highest BCUT2D eigenvalue weighted by Crippen LogP contribution is 2.45. The summed E-state index contributed by atoms with van der Waals surface area (Å²) < 4.78 is 59.4. The largest absolute Gasteiger partial charge is 0.462 e. The first kappa shape index (κ1) is 30.2. The first-order valence-electron chi connectivity index (χ1n) is 15.4. The Morgan fingerprint density at radius 2 is 2.19 bits per heavy atom. The van der Waals surface area contributed by atoms with Crippen molar-refractivity contribution in [2.75, 3.05) is 32.1 Å². The molecule has 1 saturated carbocycles. The average Bonchev–Trinajstić information content (AvgIpc) is 3.64. The molecule has 1 aromatic heterocycles. The molecule has 4 N–H and O–H groups in total. The normalized spacial score (nSPS) is 26.2. The number of carbonyl (C=O) groups is 1. The van der Waals surface area contributed by atoms with Crippen molar-refractivity contribution in [1.82, 2.24) is 20.4 Å². The molecule has 3 aromatic rings.